The molecule has 0 aliphatic carbocycles. The first-order valence-corrected chi connectivity index (χ1v) is 9.90. The summed E-state index contributed by atoms with van der Waals surface area (Å²) in [5.74, 6) is 0.517. The number of para-hydroxylation sites is 2. The van der Waals surface area contributed by atoms with Gasteiger partial charge in [-0.2, -0.15) is 0 Å². The minimum Gasteiger partial charge on any atom is -0.445 e. The molecule has 0 N–H and O–H groups in total. The summed E-state index contributed by atoms with van der Waals surface area (Å²) in [7, 11) is 0. The number of likely N-dealkylation sites (tertiary alicyclic amines) is 1. The Morgan fingerprint density at radius 3 is 2.59 bits per heavy atom. The molecule has 1 unspecified atom stereocenters. The van der Waals surface area contributed by atoms with Crippen molar-refractivity contribution < 1.29 is 18.7 Å². The summed E-state index contributed by atoms with van der Waals surface area (Å²) in [6.07, 6.45) is 0.116. The van der Waals surface area contributed by atoms with E-state index in [1.165, 1.54) is 0 Å². The van der Waals surface area contributed by atoms with Crippen molar-refractivity contribution >= 4 is 17.2 Å². The molecule has 1 aliphatic heterocycles. The SMILES string of the molecule is CC(C)(C)O[C@@H]1CC(c2nc3ccccc3o2)N(C(=O)OCc2ccccc2)C1. The van der Waals surface area contributed by atoms with Gasteiger partial charge in [-0.1, -0.05) is 42.5 Å². The van der Waals surface area contributed by atoms with Gasteiger partial charge in [-0.25, -0.2) is 9.78 Å². The summed E-state index contributed by atoms with van der Waals surface area (Å²) in [6.45, 7) is 6.70. The normalized spacial score (nSPS) is 19.6. The quantitative estimate of drug-likeness (QED) is 0.616. The first-order valence-electron chi connectivity index (χ1n) is 9.90. The van der Waals surface area contributed by atoms with E-state index >= 15 is 0 Å². The van der Waals surface area contributed by atoms with E-state index in [1.807, 2.05) is 75.4 Å². The number of carbonyl (C=O) groups excluding carboxylic acids is 1. The van der Waals surface area contributed by atoms with Gasteiger partial charge in [0.2, 0.25) is 5.89 Å². The fourth-order valence-electron chi connectivity index (χ4n) is 3.65. The van der Waals surface area contributed by atoms with Gasteiger partial charge in [0.1, 0.15) is 18.2 Å². The Balaban J connectivity index is 1.54. The Kier molecular flexibility index (Phi) is 5.28. The molecule has 1 aliphatic rings. The zero-order valence-corrected chi connectivity index (χ0v) is 17.0. The highest BCUT2D eigenvalue weighted by Gasteiger charge is 2.41. The van der Waals surface area contributed by atoms with Crippen LogP contribution in [0.1, 0.15) is 44.7 Å². The molecule has 2 heterocycles. The van der Waals surface area contributed by atoms with Crippen molar-refractivity contribution in [1.29, 1.82) is 0 Å². The second-order valence-corrected chi connectivity index (χ2v) is 8.32. The summed E-state index contributed by atoms with van der Waals surface area (Å²) in [4.78, 5) is 19.2. The second kappa shape index (κ2) is 7.87. The van der Waals surface area contributed by atoms with Gasteiger partial charge in [0, 0.05) is 6.42 Å². The number of hydrogen-bond donors (Lipinski definition) is 0. The number of carbonyl (C=O) groups is 1. The van der Waals surface area contributed by atoms with Crippen LogP contribution in [0.15, 0.2) is 59.0 Å². The number of oxazole rings is 1. The van der Waals surface area contributed by atoms with Crippen LogP contribution in [0.25, 0.3) is 11.1 Å². The first kappa shape index (κ1) is 19.5. The molecule has 1 amide bonds. The fourth-order valence-corrected chi connectivity index (χ4v) is 3.65. The summed E-state index contributed by atoms with van der Waals surface area (Å²) in [6, 6.07) is 16.9. The van der Waals surface area contributed by atoms with Crippen LogP contribution in [-0.4, -0.2) is 34.2 Å². The van der Waals surface area contributed by atoms with Gasteiger partial charge >= 0.3 is 6.09 Å². The van der Waals surface area contributed by atoms with E-state index in [9.17, 15) is 4.79 Å². The van der Waals surface area contributed by atoms with Crippen LogP contribution in [0.4, 0.5) is 4.79 Å². The lowest BCUT2D eigenvalue weighted by Gasteiger charge is -2.24. The molecule has 3 aromatic rings. The first-order chi connectivity index (χ1) is 13.9. The van der Waals surface area contributed by atoms with Crippen LogP contribution in [-0.2, 0) is 16.1 Å². The zero-order valence-electron chi connectivity index (χ0n) is 17.0. The van der Waals surface area contributed by atoms with E-state index in [4.69, 9.17) is 13.9 Å². The molecular weight excluding hydrogens is 368 g/mol. The van der Waals surface area contributed by atoms with Crippen molar-refractivity contribution in [2.45, 2.75) is 51.5 Å². The molecule has 29 heavy (non-hydrogen) atoms. The number of amides is 1. The molecule has 0 bridgehead atoms. The summed E-state index contributed by atoms with van der Waals surface area (Å²) >= 11 is 0. The number of ether oxygens (including phenoxy) is 2. The summed E-state index contributed by atoms with van der Waals surface area (Å²) in [5.41, 5.74) is 2.13. The Morgan fingerprint density at radius 1 is 1.14 bits per heavy atom. The van der Waals surface area contributed by atoms with Crippen molar-refractivity contribution in [3.63, 3.8) is 0 Å². The predicted molar refractivity (Wildman–Crippen MR) is 109 cm³/mol. The van der Waals surface area contributed by atoms with E-state index in [0.29, 0.717) is 24.4 Å². The monoisotopic (exact) mass is 394 g/mol. The average molecular weight is 394 g/mol. The summed E-state index contributed by atoms with van der Waals surface area (Å²) < 4.78 is 17.7. The Bertz CT molecular complexity index is 944. The minimum absolute atomic E-state index is 0.112. The van der Waals surface area contributed by atoms with Crippen molar-refractivity contribution in [2.24, 2.45) is 0 Å². The van der Waals surface area contributed by atoms with E-state index < -0.39 is 0 Å². The lowest BCUT2D eigenvalue weighted by Crippen LogP contribution is -2.34. The smallest absolute Gasteiger partial charge is 0.410 e. The van der Waals surface area contributed by atoms with Crippen molar-refractivity contribution in [2.75, 3.05) is 6.54 Å². The van der Waals surface area contributed by atoms with Crippen molar-refractivity contribution in [3.05, 3.63) is 66.1 Å². The highest BCUT2D eigenvalue weighted by Crippen LogP contribution is 2.36. The minimum atomic E-state index is -0.388. The maximum Gasteiger partial charge on any atom is 0.410 e. The average Bonchev–Trinajstić information content (AvgIpc) is 3.29. The maximum absolute atomic E-state index is 12.9. The largest absolute Gasteiger partial charge is 0.445 e. The highest BCUT2D eigenvalue weighted by molar-refractivity contribution is 5.73. The van der Waals surface area contributed by atoms with E-state index in [-0.39, 0.29) is 30.4 Å². The topological polar surface area (TPSA) is 64.8 Å². The van der Waals surface area contributed by atoms with Gasteiger partial charge in [0.05, 0.1) is 18.2 Å². The molecule has 0 saturated carbocycles. The van der Waals surface area contributed by atoms with Crippen LogP contribution in [0.2, 0.25) is 0 Å². The third-order valence-electron chi connectivity index (χ3n) is 4.82. The second-order valence-electron chi connectivity index (χ2n) is 8.32. The predicted octanol–water partition coefficient (Wildman–Crippen LogP) is 5.10. The maximum atomic E-state index is 12.9. The van der Waals surface area contributed by atoms with Gasteiger partial charge in [0.15, 0.2) is 5.58 Å². The molecule has 1 saturated heterocycles. The molecule has 6 nitrogen and oxygen atoms in total. The Morgan fingerprint density at radius 2 is 1.86 bits per heavy atom. The van der Waals surface area contributed by atoms with E-state index in [2.05, 4.69) is 4.98 Å². The Hall–Kier alpha value is -2.86. The van der Waals surface area contributed by atoms with Crippen LogP contribution in [0.3, 0.4) is 0 Å². The molecule has 0 radical (unpaired) electrons. The van der Waals surface area contributed by atoms with Crippen LogP contribution in [0, 0.1) is 0 Å². The molecule has 2 atom stereocenters. The number of nitrogens with zero attached hydrogens (tertiary/aromatic N) is 2. The summed E-state index contributed by atoms with van der Waals surface area (Å²) in [5, 5.41) is 0. The van der Waals surface area contributed by atoms with Gasteiger partial charge in [-0.15, -0.1) is 0 Å². The molecule has 0 spiro atoms. The molecule has 1 aromatic heterocycles. The van der Waals surface area contributed by atoms with Crippen LogP contribution in [0.5, 0.6) is 0 Å². The van der Waals surface area contributed by atoms with Gasteiger partial charge in [-0.3, -0.25) is 4.90 Å². The van der Waals surface area contributed by atoms with E-state index in [1.54, 1.807) is 4.90 Å². The fraction of sp³-hybridized carbons (Fsp3) is 0.391. The molecule has 2 aromatic carbocycles. The van der Waals surface area contributed by atoms with E-state index in [0.717, 1.165) is 11.1 Å². The number of hydrogen-bond acceptors (Lipinski definition) is 5. The van der Waals surface area contributed by atoms with Crippen molar-refractivity contribution in [1.82, 2.24) is 9.88 Å². The molecule has 152 valence electrons. The standard InChI is InChI=1S/C23H26N2O4/c1-23(2,3)29-17-13-19(21-24-18-11-7-8-12-20(18)28-21)25(14-17)22(26)27-15-16-9-5-4-6-10-16/h4-12,17,19H,13-15H2,1-3H3/t17-,19?/m1/s1. The Labute approximate surface area is 170 Å². The van der Waals surface area contributed by atoms with Gasteiger partial charge in [0.25, 0.3) is 0 Å². The number of benzene rings is 2. The highest BCUT2D eigenvalue weighted by atomic mass is 16.6. The lowest BCUT2D eigenvalue weighted by molar-refractivity contribution is -0.0540. The van der Waals surface area contributed by atoms with Crippen LogP contribution < -0.4 is 0 Å². The molecule has 4 rings (SSSR count). The van der Waals surface area contributed by atoms with Gasteiger partial charge < -0.3 is 13.9 Å². The molecular formula is C23H26N2O4. The van der Waals surface area contributed by atoms with Crippen LogP contribution >= 0.6 is 0 Å². The molecule has 1 fully saturated rings. The lowest BCUT2D eigenvalue weighted by atomic mass is 10.1. The number of fused-ring (bicyclic) bond motifs is 1. The number of aromatic nitrogens is 1. The molecule has 6 heteroatoms. The number of rotatable bonds is 4. The zero-order chi connectivity index (χ0) is 20.4. The third kappa shape index (κ3) is 4.59. The third-order valence-corrected chi connectivity index (χ3v) is 4.82. The van der Waals surface area contributed by atoms with Gasteiger partial charge in [-0.05, 0) is 38.5 Å². The van der Waals surface area contributed by atoms with Crippen molar-refractivity contribution in [3.8, 4) is 0 Å².